The van der Waals surface area contributed by atoms with Crippen LogP contribution in [0.4, 0.5) is 0 Å². The Morgan fingerprint density at radius 2 is 1.60 bits per heavy atom. The lowest BCUT2D eigenvalue weighted by atomic mass is 9.56. The number of hydrogen-bond acceptors (Lipinski definition) is 2. The number of fused-ring (bicyclic) bond motifs is 7. The van der Waals surface area contributed by atoms with E-state index in [0.717, 1.165) is 47.7 Å². The minimum absolute atomic E-state index is 0.776. The summed E-state index contributed by atoms with van der Waals surface area (Å²) in [4.78, 5) is 0. The molecule has 0 bridgehead atoms. The van der Waals surface area contributed by atoms with Crippen LogP contribution >= 0.6 is 0 Å². The van der Waals surface area contributed by atoms with Gasteiger partial charge in [-0.3, -0.25) is 0 Å². The van der Waals surface area contributed by atoms with Gasteiger partial charge in [0, 0.05) is 24.0 Å². The highest BCUT2D eigenvalue weighted by Crippen LogP contribution is 2.55. The fraction of sp³-hybridized carbons (Fsp3) is 0.889. The van der Waals surface area contributed by atoms with Crippen molar-refractivity contribution in [3.8, 4) is 0 Å². The lowest BCUT2D eigenvalue weighted by Gasteiger charge is -2.50. The first-order valence-electron chi connectivity index (χ1n) is 9.10. The maximum atomic E-state index is 4.06. The lowest BCUT2D eigenvalue weighted by Crippen LogP contribution is -2.50. The van der Waals surface area contributed by atoms with E-state index >= 15 is 0 Å². The van der Waals surface area contributed by atoms with Gasteiger partial charge in [-0.15, -0.1) is 0 Å². The van der Waals surface area contributed by atoms with Crippen molar-refractivity contribution in [3.63, 3.8) is 0 Å². The Balaban J connectivity index is 1.49. The first-order valence-corrected chi connectivity index (χ1v) is 9.10. The van der Waals surface area contributed by atoms with Crippen molar-refractivity contribution in [3.05, 3.63) is 12.3 Å². The minimum atomic E-state index is 0.776. The van der Waals surface area contributed by atoms with E-state index in [4.69, 9.17) is 0 Å². The fourth-order valence-electron chi connectivity index (χ4n) is 6.75. The molecule has 2 N–H and O–H groups in total. The quantitative estimate of drug-likeness (QED) is 0.708. The Hall–Kier alpha value is -0.500. The molecule has 3 aliphatic carbocycles. The van der Waals surface area contributed by atoms with E-state index in [1.54, 1.807) is 0 Å². The molecule has 0 aromatic heterocycles. The Labute approximate surface area is 122 Å². The Morgan fingerprint density at radius 3 is 2.55 bits per heavy atom. The van der Waals surface area contributed by atoms with Gasteiger partial charge in [0.05, 0.1) is 0 Å². The van der Waals surface area contributed by atoms with Crippen LogP contribution in [-0.4, -0.2) is 18.1 Å². The molecule has 3 saturated carbocycles. The molecule has 0 radical (unpaired) electrons. The summed E-state index contributed by atoms with van der Waals surface area (Å²) in [5.41, 5.74) is 0. The molecule has 5 rings (SSSR count). The number of nitrogens with one attached hydrogen (secondary N) is 2. The smallest absolute Gasteiger partial charge is 0.0321 e. The Morgan fingerprint density at radius 1 is 0.750 bits per heavy atom. The second-order valence-corrected chi connectivity index (χ2v) is 8.11. The molecule has 2 heterocycles. The van der Waals surface area contributed by atoms with Crippen molar-refractivity contribution in [2.45, 2.75) is 69.5 Å². The summed E-state index contributed by atoms with van der Waals surface area (Å²) in [5.74, 6) is 4.87. The third-order valence-corrected chi connectivity index (χ3v) is 7.43. The van der Waals surface area contributed by atoms with E-state index in [1.807, 2.05) is 0 Å². The zero-order chi connectivity index (χ0) is 13.1. The molecule has 8 unspecified atom stereocenters. The monoisotopic (exact) mass is 272 g/mol. The molecule has 20 heavy (non-hydrogen) atoms. The third-order valence-electron chi connectivity index (χ3n) is 7.43. The lowest BCUT2D eigenvalue weighted by molar-refractivity contribution is 0.0256. The van der Waals surface area contributed by atoms with Crippen molar-refractivity contribution in [1.29, 1.82) is 0 Å². The second kappa shape index (κ2) is 4.50. The van der Waals surface area contributed by atoms with Gasteiger partial charge in [-0.2, -0.15) is 0 Å². The largest absolute Gasteiger partial charge is 0.388 e. The van der Waals surface area contributed by atoms with E-state index in [-0.39, 0.29) is 0 Å². The highest BCUT2D eigenvalue weighted by molar-refractivity contribution is 5.15. The summed E-state index contributed by atoms with van der Waals surface area (Å²) in [5, 5.41) is 7.71. The molecule has 2 aliphatic heterocycles. The highest BCUT2D eigenvalue weighted by Gasteiger charge is 2.55. The molecule has 2 heteroatoms. The van der Waals surface area contributed by atoms with Gasteiger partial charge in [0.2, 0.25) is 0 Å². The van der Waals surface area contributed by atoms with Crippen molar-refractivity contribution >= 4 is 0 Å². The predicted octanol–water partition coefficient (Wildman–Crippen LogP) is 3.05. The maximum absolute atomic E-state index is 4.06. The summed E-state index contributed by atoms with van der Waals surface area (Å²) >= 11 is 0. The van der Waals surface area contributed by atoms with Gasteiger partial charge in [0.1, 0.15) is 0 Å². The summed E-state index contributed by atoms with van der Waals surface area (Å²) in [6.07, 6.45) is 16.6. The maximum Gasteiger partial charge on any atom is 0.0321 e. The van der Waals surface area contributed by atoms with Crippen LogP contribution in [0.1, 0.15) is 51.4 Å². The zero-order valence-corrected chi connectivity index (χ0v) is 12.4. The molecule has 8 atom stereocenters. The molecule has 0 aromatic carbocycles. The molecular formula is C18H28N2. The van der Waals surface area contributed by atoms with Gasteiger partial charge < -0.3 is 10.6 Å². The zero-order valence-electron chi connectivity index (χ0n) is 12.4. The predicted molar refractivity (Wildman–Crippen MR) is 81.2 cm³/mol. The standard InChI is InChI=1S/C18H28N2/c1-2-4-15-12(3-1)18-16(20-15)8-6-11-5-7-14-13(17(11)18)9-10-19-14/h9-20H,1-8H2. The van der Waals surface area contributed by atoms with Crippen LogP contribution in [-0.2, 0) is 0 Å². The molecule has 0 amide bonds. The summed E-state index contributed by atoms with van der Waals surface area (Å²) in [6, 6.07) is 2.51. The van der Waals surface area contributed by atoms with Crippen molar-refractivity contribution in [2.24, 2.45) is 29.6 Å². The van der Waals surface area contributed by atoms with E-state index in [1.165, 1.54) is 51.4 Å². The first-order chi connectivity index (χ1) is 9.92. The average Bonchev–Trinajstić information content (AvgIpc) is 3.10. The summed E-state index contributed by atoms with van der Waals surface area (Å²) < 4.78 is 0. The van der Waals surface area contributed by atoms with Crippen LogP contribution in [0.25, 0.3) is 0 Å². The first kappa shape index (κ1) is 12.1. The van der Waals surface area contributed by atoms with Crippen molar-refractivity contribution < 1.29 is 0 Å². The highest BCUT2D eigenvalue weighted by atomic mass is 15.0. The normalized spacial score (nSPS) is 56.4. The topological polar surface area (TPSA) is 24.1 Å². The van der Waals surface area contributed by atoms with Gasteiger partial charge in [-0.1, -0.05) is 18.9 Å². The Bertz CT molecular complexity index is 418. The van der Waals surface area contributed by atoms with Gasteiger partial charge in [-0.05, 0) is 68.4 Å². The molecule has 4 fully saturated rings. The van der Waals surface area contributed by atoms with Crippen LogP contribution in [0.5, 0.6) is 0 Å². The third kappa shape index (κ3) is 1.60. The second-order valence-electron chi connectivity index (χ2n) is 8.11. The molecule has 5 aliphatic rings. The number of hydrogen-bond donors (Lipinski definition) is 2. The van der Waals surface area contributed by atoms with E-state index in [9.17, 15) is 0 Å². The molecular weight excluding hydrogens is 244 g/mol. The molecule has 2 nitrogen and oxygen atoms in total. The average molecular weight is 272 g/mol. The molecule has 0 spiro atoms. The molecule has 110 valence electrons. The molecule has 0 aromatic rings. The van der Waals surface area contributed by atoms with Crippen LogP contribution < -0.4 is 10.6 Å². The summed E-state index contributed by atoms with van der Waals surface area (Å²) in [6.45, 7) is 0. The van der Waals surface area contributed by atoms with Gasteiger partial charge in [-0.25, -0.2) is 0 Å². The van der Waals surface area contributed by atoms with E-state index < -0.39 is 0 Å². The van der Waals surface area contributed by atoms with E-state index in [0.29, 0.717) is 0 Å². The van der Waals surface area contributed by atoms with Crippen LogP contribution in [0.3, 0.4) is 0 Å². The Kier molecular flexibility index (Phi) is 2.72. The van der Waals surface area contributed by atoms with Crippen LogP contribution in [0.15, 0.2) is 12.3 Å². The SMILES string of the molecule is C1=CC2C(CCC3CCC4NC5CCCCC5C4C32)N1. The van der Waals surface area contributed by atoms with Gasteiger partial charge >= 0.3 is 0 Å². The van der Waals surface area contributed by atoms with Gasteiger partial charge in [0.25, 0.3) is 0 Å². The summed E-state index contributed by atoms with van der Waals surface area (Å²) in [7, 11) is 0. The number of rotatable bonds is 0. The van der Waals surface area contributed by atoms with Crippen molar-refractivity contribution in [1.82, 2.24) is 10.6 Å². The van der Waals surface area contributed by atoms with Crippen LogP contribution in [0.2, 0.25) is 0 Å². The van der Waals surface area contributed by atoms with Gasteiger partial charge in [0.15, 0.2) is 0 Å². The van der Waals surface area contributed by atoms with E-state index in [2.05, 4.69) is 22.9 Å². The minimum Gasteiger partial charge on any atom is -0.388 e. The molecule has 1 saturated heterocycles. The van der Waals surface area contributed by atoms with Crippen LogP contribution in [0, 0.1) is 29.6 Å². The fourth-order valence-corrected chi connectivity index (χ4v) is 6.75. The van der Waals surface area contributed by atoms with Crippen molar-refractivity contribution in [2.75, 3.05) is 0 Å².